The summed E-state index contributed by atoms with van der Waals surface area (Å²) in [5, 5.41) is 2.80. The summed E-state index contributed by atoms with van der Waals surface area (Å²) < 4.78 is 0.842. The van der Waals surface area contributed by atoms with Crippen LogP contribution in [0.1, 0.15) is 32.3 Å². The normalized spacial score (nSPS) is 22.9. The third-order valence-electron chi connectivity index (χ3n) is 3.62. The minimum absolute atomic E-state index is 0.0384. The summed E-state index contributed by atoms with van der Waals surface area (Å²) in [7, 11) is 0. The smallest absolute Gasteiger partial charge is 0.250 e. The van der Waals surface area contributed by atoms with E-state index in [1.807, 2.05) is 39.0 Å². The highest BCUT2D eigenvalue weighted by atomic mass is 79.9. The number of hydrogen-bond acceptors (Lipinski definition) is 2. The van der Waals surface area contributed by atoms with Crippen LogP contribution in [-0.4, -0.2) is 23.9 Å². The van der Waals surface area contributed by atoms with Crippen molar-refractivity contribution in [1.29, 1.82) is 0 Å². The number of amides is 2. The van der Waals surface area contributed by atoms with Gasteiger partial charge in [0.05, 0.1) is 5.69 Å². The summed E-state index contributed by atoms with van der Waals surface area (Å²) in [6, 6.07) is 4.93. The number of aryl methyl sites for hydroxylation is 1. The molecule has 0 aliphatic carbocycles. The van der Waals surface area contributed by atoms with Crippen LogP contribution in [0, 0.1) is 6.92 Å². The van der Waals surface area contributed by atoms with E-state index in [1.54, 1.807) is 4.90 Å². The molecule has 1 heterocycles. The predicted molar refractivity (Wildman–Crippen MR) is 82.7 cm³/mol. The van der Waals surface area contributed by atoms with Crippen molar-refractivity contribution in [2.24, 2.45) is 0 Å². The maximum Gasteiger partial charge on any atom is 0.250 e. The van der Waals surface area contributed by atoms with Crippen molar-refractivity contribution in [1.82, 2.24) is 5.32 Å². The summed E-state index contributed by atoms with van der Waals surface area (Å²) >= 11 is 3.50. The van der Waals surface area contributed by atoms with E-state index in [4.69, 9.17) is 0 Å². The molecule has 5 heteroatoms. The second-order valence-corrected chi connectivity index (χ2v) is 5.91. The molecule has 2 rings (SSSR count). The lowest BCUT2D eigenvalue weighted by atomic mass is 10.0. The van der Waals surface area contributed by atoms with E-state index >= 15 is 0 Å². The third kappa shape index (κ3) is 2.59. The Morgan fingerprint density at radius 1 is 1.25 bits per heavy atom. The van der Waals surface area contributed by atoms with Gasteiger partial charge in [-0.1, -0.05) is 19.9 Å². The summed E-state index contributed by atoms with van der Waals surface area (Å²) in [4.78, 5) is 26.4. The molecular weight excluding hydrogens is 320 g/mol. The van der Waals surface area contributed by atoms with E-state index in [1.165, 1.54) is 0 Å². The van der Waals surface area contributed by atoms with Crippen molar-refractivity contribution in [3.05, 3.63) is 28.2 Å². The molecule has 0 spiro atoms. The average molecular weight is 339 g/mol. The molecule has 0 saturated carbocycles. The highest BCUT2D eigenvalue weighted by Crippen LogP contribution is 2.31. The van der Waals surface area contributed by atoms with Gasteiger partial charge in [-0.2, -0.15) is 0 Å². The summed E-state index contributed by atoms with van der Waals surface area (Å²) in [6.07, 6.45) is 1.19. The Hall–Kier alpha value is -1.36. The third-order valence-corrected chi connectivity index (χ3v) is 4.26. The minimum atomic E-state index is -0.440. The molecule has 1 aliphatic rings. The van der Waals surface area contributed by atoms with Crippen molar-refractivity contribution in [3.63, 3.8) is 0 Å². The molecule has 2 amide bonds. The van der Waals surface area contributed by atoms with E-state index in [9.17, 15) is 9.59 Å². The number of nitrogens with one attached hydrogen (secondary N) is 1. The Bertz CT molecular complexity index is 545. The van der Waals surface area contributed by atoms with Crippen LogP contribution in [0.2, 0.25) is 0 Å². The molecule has 2 unspecified atom stereocenters. The van der Waals surface area contributed by atoms with Crippen molar-refractivity contribution < 1.29 is 9.59 Å². The van der Waals surface area contributed by atoms with Crippen LogP contribution < -0.4 is 10.2 Å². The highest BCUT2D eigenvalue weighted by molar-refractivity contribution is 9.10. The lowest BCUT2D eigenvalue weighted by Crippen LogP contribution is -2.63. The van der Waals surface area contributed by atoms with E-state index in [0.717, 1.165) is 15.7 Å². The average Bonchev–Trinajstić information content (AvgIpc) is 2.41. The zero-order valence-electron chi connectivity index (χ0n) is 11.9. The fraction of sp³-hybridized carbons (Fsp3) is 0.467. The Labute approximate surface area is 127 Å². The van der Waals surface area contributed by atoms with Gasteiger partial charge >= 0.3 is 0 Å². The molecule has 1 aliphatic heterocycles. The molecule has 4 nitrogen and oxygen atoms in total. The topological polar surface area (TPSA) is 49.4 Å². The summed E-state index contributed by atoms with van der Waals surface area (Å²) in [5.41, 5.74) is 1.87. The monoisotopic (exact) mass is 338 g/mol. The minimum Gasteiger partial charge on any atom is -0.342 e. The van der Waals surface area contributed by atoms with Crippen LogP contribution in [0.25, 0.3) is 0 Å². The standard InChI is InChI=1S/C15H19BrN2O2/c1-4-11-15(20)18(12(5-2)14(19)17-11)13-7-6-9(3)8-10(13)16/h6-8,11-12H,4-5H2,1-3H3,(H,17,19). The highest BCUT2D eigenvalue weighted by Gasteiger charge is 2.40. The van der Waals surface area contributed by atoms with Crippen LogP contribution in [-0.2, 0) is 9.59 Å². The molecule has 0 aromatic heterocycles. The van der Waals surface area contributed by atoms with Gasteiger partial charge in [-0.3, -0.25) is 14.5 Å². The largest absolute Gasteiger partial charge is 0.342 e. The molecule has 1 fully saturated rings. The molecule has 0 bridgehead atoms. The van der Waals surface area contributed by atoms with Gasteiger partial charge in [0, 0.05) is 4.47 Å². The first-order chi connectivity index (χ1) is 9.49. The van der Waals surface area contributed by atoms with Crippen LogP contribution in [0.5, 0.6) is 0 Å². The first-order valence-corrected chi connectivity index (χ1v) is 7.68. The zero-order valence-corrected chi connectivity index (χ0v) is 13.5. The van der Waals surface area contributed by atoms with Crippen LogP contribution in [0.4, 0.5) is 5.69 Å². The number of carbonyl (C=O) groups is 2. The molecule has 0 radical (unpaired) electrons. The molecular formula is C15H19BrN2O2. The molecule has 1 saturated heterocycles. The van der Waals surface area contributed by atoms with E-state index in [0.29, 0.717) is 12.8 Å². The molecule has 108 valence electrons. The van der Waals surface area contributed by atoms with Crippen molar-refractivity contribution in [2.45, 2.75) is 45.7 Å². The van der Waals surface area contributed by atoms with Gasteiger partial charge in [-0.25, -0.2) is 0 Å². The number of piperazine rings is 1. The quantitative estimate of drug-likeness (QED) is 0.921. The number of carbonyl (C=O) groups excluding carboxylic acids is 2. The fourth-order valence-corrected chi connectivity index (χ4v) is 3.19. The van der Waals surface area contributed by atoms with Crippen LogP contribution in [0.3, 0.4) is 0 Å². The number of nitrogens with zero attached hydrogens (tertiary/aromatic N) is 1. The Balaban J connectivity index is 2.47. The van der Waals surface area contributed by atoms with Crippen LogP contribution in [0.15, 0.2) is 22.7 Å². The van der Waals surface area contributed by atoms with Crippen LogP contribution >= 0.6 is 15.9 Å². The van der Waals surface area contributed by atoms with E-state index in [-0.39, 0.29) is 11.8 Å². The van der Waals surface area contributed by atoms with Crippen molar-refractivity contribution in [3.8, 4) is 0 Å². The van der Waals surface area contributed by atoms with Gasteiger partial charge < -0.3 is 5.32 Å². The second-order valence-electron chi connectivity index (χ2n) is 5.06. The van der Waals surface area contributed by atoms with Gasteiger partial charge in [0.15, 0.2) is 0 Å². The number of hydrogen-bond donors (Lipinski definition) is 1. The molecule has 20 heavy (non-hydrogen) atoms. The van der Waals surface area contributed by atoms with Crippen molar-refractivity contribution in [2.75, 3.05) is 4.90 Å². The maximum atomic E-state index is 12.6. The van der Waals surface area contributed by atoms with Crippen molar-refractivity contribution >= 4 is 33.4 Å². The van der Waals surface area contributed by atoms with Gasteiger partial charge in [-0.15, -0.1) is 0 Å². The SMILES string of the molecule is CCC1NC(=O)C(CC)N(c2ccc(C)cc2Br)C1=O. The zero-order chi connectivity index (χ0) is 14.9. The maximum absolute atomic E-state index is 12.6. The second kappa shape index (κ2) is 5.95. The molecule has 2 atom stereocenters. The van der Waals surface area contributed by atoms with E-state index in [2.05, 4.69) is 21.2 Å². The lowest BCUT2D eigenvalue weighted by molar-refractivity contribution is -0.134. The molecule has 1 aromatic rings. The number of rotatable bonds is 3. The summed E-state index contributed by atoms with van der Waals surface area (Å²) in [5.74, 6) is -0.116. The Morgan fingerprint density at radius 3 is 2.50 bits per heavy atom. The van der Waals surface area contributed by atoms with Gasteiger partial charge in [0.1, 0.15) is 12.1 Å². The summed E-state index contributed by atoms with van der Waals surface area (Å²) in [6.45, 7) is 5.81. The predicted octanol–water partition coefficient (Wildman–Crippen LogP) is 2.78. The van der Waals surface area contributed by atoms with E-state index < -0.39 is 12.1 Å². The molecule has 1 N–H and O–H groups in total. The molecule has 1 aromatic carbocycles. The number of anilines is 1. The first-order valence-electron chi connectivity index (χ1n) is 6.89. The Kier molecular flexibility index (Phi) is 4.48. The van der Waals surface area contributed by atoms with Gasteiger partial charge in [0.2, 0.25) is 11.8 Å². The Morgan fingerprint density at radius 2 is 1.95 bits per heavy atom. The first kappa shape index (κ1) is 15.0. The fourth-order valence-electron chi connectivity index (χ4n) is 2.51. The van der Waals surface area contributed by atoms with Gasteiger partial charge in [0.25, 0.3) is 0 Å². The number of halogens is 1. The lowest BCUT2D eigenvalue weighted by Gasteiger charge is -2.38. The number of benzene rings is 1. The van der Waals surface area contributed by atoms with Gasteiger partial charge in [-0.05, 0) is 53.4 Å².